The van der Waals surface area contributed by atoms with E-state index in [1.165, 1.54) is 0 Å². The number of nitrogens with one attached hydrogen (secondary N) is 1. The second kappa shape index (κ2) is 13.7. The number of hydrogen-bond acceptors (Lipinski definition) is 3. The highest BCUT2D eigenvalue weighted by Crippen LogP contribution is 2.23. The van der Waals surface area contributed by atoms with Crippen LogP contribution in [0.5, 0.6) is 0 Å². The summed E-state index contributed by atoms with van der Waals surface area (Å²) in [6, 6.07) is 27.8. The van der Waals surface area contributed by atoms with E-state index in [2.05, 4.69) is 33.4 Å². The quantitative estimate of drug-likeness (QED) is 0.266. The molecule has 1 unspecified atom stereocenters. The maximum atomic E-state index is 13.7. The van der Waals surface area contributed by atoms with Crippen LogP contribution in [0.15, 0.2) is 94.3 Å². The molecule has 3 aromatic carbocycles. The Bertz CT molecular complexity index is 1100. The Kier molecular flexibility index (Phi) is 10.1. The largest absolute Gasteiger partial charge is 0.352 e. The Labute approximate surface area is 227 Å². The van der Waals surface area contributed by atoms with Crippen molar-refractivity contribution in [3.05, 3.63) is 101 Å². The van der Waals surface area contributed by atoms with Gasteiger partial charge in [-0.25, -0.2) is 0 Å². The Balaban J connectivity index is 1.56. The van der Waals surface area contributed by atoms with Crippen molar-refractivity contribution in [3.8, 4) is 0 Å². The molecule has 0 heterocycles. The van der Waals surface area contributed by atoms with Crippen molar-refractivity contribution in [2.24, 2.45) is 0 Å². The number of amides is 2. The molecule has 0 radical (unpaired) electrons. The predicted octanol–water partition coefficient (Wildman–Crippen LogP) is 6.63. The highest BCUT2D eigenvalue weighted by atomic mass is 79.9. The smallest absolute Gasteiger partial charge is 0.243 e. The van der Waals surface area contributed by atoms with Crippen molar-refractivity contribution in [2.45, 2.75) is 62.0 Å². The van der Waals surface area contributed by atoms with Crippen LogP contribution in [0.1, 0.15) is 43.2 Å². The summed E-state index contributed by atoms with van der Waals surface area (Å²) in [4.78, 5) is 30.3. The first-order chi connectivity index (χ1) is 17.6. The summed E-state index contributed by atoms with van der Waals surface area (Å²) in [6.07, 6.45) is 5.18. The molecule has 188 valence electrons. The molecule has 36 heavy (non-hydrogen) atoms. The third-order valence-electron chi connectivity index (χ3n) is 6.57. The van der Waals surface area contributed by atoms with Crippen molar-refractivity contribution in [1.29, 1.82) is 0 Å². The molecule has 1 N–H and O–H groups in total. The van der Waals surface area contributed by atoms with Crippen LogP contribution in [-0.2, 0) is 22.6 Å². The lowest BCUT2D eigenvalue weighted by atomic mass is 10.0. The average molecular weight is 566 g/mol. The minimum Gasteiger partial charge on any atom is -0.352 e. The van der Waals surface area contributed by atoms with Crippen molar-refractivity contribution in [1.82, 2.24) is 10.2 Å². The van der Waals surface area contributed by atoms with Gasteiger partial charge >= 0.3 is 0 Å². The van der Waals surface area contributed by atoms with Gasteiger partial charge < -0.3 is 10.2 Å². The molecule has 1 aliphatic rings. The molecule has 1 fully saturated rings. The van der Waals surface area contributed by atoms with E-state index in [1.807, 2.05) is 72.8 Å². The fraction of sp³-hybridized carbons (Fsp3) is 0.333. The highest BCUT2D eigenvalue weighted by molar-refractivity contribution is 9.10. The fourth-order valence-corrected chi connectivity index (χ4v) is 5.75. The van der Waals surface area contributed by atoms with Crippen LogP contribution in [0.3, 0.4) is 0 Å². The number of halogens is 1. The monoisotopic (exact) mass is 564 g/mol. The molecule has 0 bridgehead atoms. The Morgan fingerprint density at radius 1 is 0.889 bits per heavy atom. The summed E-state index contributed by atoms with van der Waals surface area (Å²) >= 11 is 5.17. The second-order valence-corrected chi connectivity index (χ2v) is 11.3. The zero-order chi connectivity index (χ0) is 25.2. The van der Waals surface area contributed by atoms with Crippen LogP contribution in [0.4, 0.5) is 0 Å². The SMILES string of the molecule is O=C(NC1CCCC1)C(Cc1ccccc1)N(Cc1ccc(Br)cc1)C(=O)CCSc1ccccc1. The van der Waals surface area contributed by atoms with Crippen LogP contribution in [-0.4, -0.2) is 34.6 Å². The first kappa shape index (κ1) is 26.5. The van der Waals surface area contributed by atoms with Gasteiger partial charge in [-0.05, 0) is 48.2 Å². The molecule has 3 aromatic rings. The van der Waals surface area contributed by atoms with E-state index in [9.17, 15) is 9.59 Å². The van der Waals surface area contributed by atoms with Crippen LogP contribution >= 0.6 is 27.7 Å². The van der Waals surface area contributed by atoms with Crippen LogP contribution in [0.2, 0.25) is 0 Å². The van der Waals surface area contributed by atoms with Gasteiger partial charge in [0.2, 0.25) is 11.8 Å². The highest BCUT2D eigenvalue weighted by Gasteiger charge is 2.32. The average Bonchev–Trinajstić information content (AvgIpc) is 3.41. The summed E-state index contributed by atoms with van der Waals surface area (Å²) in [5.41, 5.74) is 2.06. The van der Waals surface area contributed by atoms with E-state index < -0.39 is 6.04 Å². The summed E-state index contributed by atoms with van der Waals surface area (Å²) in [5.74, 6) is 0.623. The van der Waals surface area contributed by atoms with Gasteiger partial charge in [0, 0.05) is 40.5 Å². The molecule has 4 nitrogen and oxygen atoms in total. The molecular formula is C30H33BrN2O2S. The topological polar surface area (TPSA) is 49.4 Å². The van der Waals surface area contributed by atoms with Crippen LogP contribution in [0, 0.1) is 0 Å². The number of thioether (sulfide) groups is 1. The number of carbonyl (C=O) groups excluding carboxylic acids is 2. The Morgan fingerprint density at radius 3 is 2.19 bits per heavy atom. The van der Waals surface area contributed by atoms with Crippen LogP contribution < -0.4 is 5.32 Å². The van der Waals surface area contributed by atoms with Crippen molar-refractivity contribution in [2.75, 3.05) is 5.75 Å². The van der Waals surface area contributed by atoms with Gasteiger partial charge in [0.15, 0.2) is 0 Å². The van der Waals surface area contributed by atoms with E-state index in [0.29, 0.717) is 25.1 Å². The van der Waals surface area contributed by atoms with Crippen molar-refractivity contribution >= 4 is 39.5 Å². The lowest BCUT2D eigenvalue weighted by Crippen LogP contribution is -2.52. The van der Waals surface area contributed by atoms with Crippen LogP contribution in [0.25, 0.3) is 0 Å². The molecule has 0 aromatic heterocycles. The van der Waals surface area contributed by atoms with Gasteiger partial charge in [-0.3, -0.25) is 9.59 Å². The molecule has 1 atom stereocenters. The molecule has 1 saturated carbocycles. The molecule has 0 spiro atoms. The zero-order valence-corrected chi connectivity index (χ0v) is 22.8. The van der Waals surface area contributed by atoms with E-state index in [0.717, 1.165) is 46.2 Å². The van der Waals surface area contributed by atoms with Gasteiger partial charge in [-0.1, -0.05) is 89.4 Å². The standard InChI is InChI=1S/C30H33BrN2O2S/c31-25-17-15-24(16-18-25)22-33(29(34)19-20-36-27-13-5-2-6-14-27)28(21-23-9-3-1-4-10-23)30(35)32-26-11-7-8-12-26/h1-6,9-10,13-18,26,28H,7-8,11-12,19-22H2,(H,32,35). The van der Waals surface area contributed by atoms with Gasteiger partial charge in [0.05, 0.1) is 0 Å². The Hall–Kier alpha value is -2.57. The van der Waals surface area contributed by atoms with E-state index in [1.54, 1.807) is 16.7 Å². The molecule has 4 rings (SSSR count). The van der Waals surface area contributed by atoms with Gasteiger partial charge in [0.25, 0.3) is 0 Å². The van der Waals surface area contributed by atoms with Gasteiger partial charge in [-0.2, -0.15) is 0 Å². The number of rotatable bonds is 11. The third kappa shape index (κ3) is 7.97. The summed E-state index contributed by atoms with van der Waals surface area (Å²) in [5, 5.41) is 3.27. The van der Waals surface area contributed by atoms with Crippen molar-refractivity contribution in [3.63, 3.8) is 0 Å². The molecule has 0 saturated heterocycles. The summed E-state index contributed by atoms with van der Waals surface area (Å²) in [7, 11) is 0. The predicted molar refractivity (Wildman–Crippen MR) is 151 cm³/mol. The Morgan fingerprint density at radius 2 is 1.53 bits per heavy atom. The molecule has 0 aliphatic heterocycles. The molecule has 1 aliphatic carbocycles. The lowest BCUT2D eigenvalue weighted by Gasteiger charge is -2.32. The van der Waals surface area contributed by atoms with Gasteiger partial charge in [0.1, 0.15) is 6.04 Å². The minimum atomic E-state index is -0.564. The number of benzene rings is 3. The minimum absolute atomic E-state index is 0.00357. The fourth-order valence-electron chi connectivity index (χ4n) is 4.62. The van der Waals surface area contributed by atoms with E-state index in [4.69, 9.17) is 0 Å². The molecule has 2 amide bonds. The lowest BCUT2D eigenvalue weighted by molar-refractivity contribution is -0.141. The maximum Gasteiger partial charge on any atom is 0.243 e. The zero-order valence-electron chi connectivity index (χ0n) is 20.4. The van der Waals surface area contributed by atoms with E-state index in [-0.39, 0.29) is 17.9 Å². The summed E-state index contributed by atoms with van der Waals surface area (Å²) < 4.78 is 0.989. The first-order valence-corrected chi connectivity index (χ1v) is 14.4. The number of hydrogen-bond donors (Lipinski definition) is 1. The first-order valence-electron chi connectivity index (χ1n) is 12.6. The molecular weight excluding hydrogens is 532 g/mol. The number of carbonyl (C=O) groups is 2. The second-order valence-electron chi connectivity index (χ2n) is 9.26. The third-order valence-corrected chi connectivity index (χ3v) is 8.11. The normalized spacial score (nSPS) is 14.4. The number of nitrogens with zero attached hydrogens (tertiary/aromatic N) is 1. The molecule has 6 heteroatoms. The van der Waals surface area contributed by atoms with E-state index >= 15 is 0 Å². The van der Waals surface area contributed by atoms with Crippen molar-refractivity contribution < 1.29 is 9.59 Å². The maximum absolute atomic E-state index is 13.7. The summed E-state index contributed by atoms with van der Waals surface area (Å²) in [6.45, 7) is 0.400. The van der Waals surface area contributed by atoms with Gasteiger partial charge in [-0.15, -0.1) is 11.8 Å².